The van der Waals surface area contributed by atoms with Gasteiger partial charge in [-0.25, -0.2) is 4.79 Å². The van der Waals surface area contributed by atoms with Gasteiger partial charge in [0.15, 0.2) is 17.1 Å². The fraction of sp³-hybridized carbons (Fsp3) is 0.533. The molecule has 0 spiro atoms. The first kappa shape index (κ1) is 16.3. The van der Waals surface area contributed by atoms with E-state index in [-0.39, 0.29) is 6.61 Å². The highest BCUT2D eigenvalue weighted by molar-refractivity contribution is 5.80. The van der Waals surface area contributed by atoms with Gasteiger partial charge in [-0.15, -0.1) is 0 Å². The van der Waals surface area contributed by atoms with Gasteiger partial charge in [0.1, 0.15) is 0 Å². The molecule has 0 amide bonds. The number of carbonyl (C=O) groups excluding carboxylic acids is 1. The third kappa shape index (κ3) is 3.22. The molecule has 0 bridgehead atoms. The Labute approximate surface area is 119 Å². The molecule has 0 saturated heterocycles. The van der Waals surface area contributed by atoms with E-state index in [1.165, 1.54) is 14.0 Å². The number of hydrogen-bond donors (Lipinski definition) is 1. The first-order valence-corrected chi connectivity index (χ1v) is 6.50. The third-order valence-corrected chi connectivity index (χ3v) is 3.44. The quantitative estimate of drug-likeness (QED) is 0.810. The average molecular weight is 282 g/mol. The van der Waals surface area contributed by atoms with E-state index in [0.29, 0.717) is 11.5 Å². The molecule has 0 saturated carbocycles. The summed E-state index contributed by atoms with van der Waals surface area (Å²) in [6.07, 6.45) is 0. The number of carbonyl (C=O) groups is 1. The van der Waals surface area contributed by atoms with Crippen molar-refractivity contribution >= 4 is 5.97 Å². The summed E-state index contributed by atoms with van der Waals surface area (Å²) < 4.78 is 15.3. The summed E-state index contributed by atoms with van der Waals surface area (Å²) in [5.41, 5.74) is -0.837. The fourth-order valence-corrected chi connectivity index (χ4v) is 1.90. The summed E-state index contributed by atoms with van der Waals surface area (Å²) in [4.78, 5) is 11.8. The van der Waals surface area contributed by atoms with Gasteiger partial charge in [-0.05, 0) is 31.5 Å². The number of benzene rings is 1. The van der Waals surface area contributed by atoms with Crippen molar-refractivity contribution in [1.29, 1.82) is 0 Å². The second-order valence-corrected chi connectivity index (χ2v) is 4.70. The van der Waals surface area contributed by atoms with Crippen LogP contribution in [0.15, 0.2) is 18.2 Å². The molecule has 20 heavy (non-hydrogen) atoms. The van der Waals surface area contributed by atoms with E-state index in [9.17, 15) is 9.90 Å². The van der Waals surface area contributed by atoms with Crippen LogP contribution in [0, 0.1) is 0 Å². The Hall–Kier alpha value is -1.75. The molecule has 0 aromatic heterocycles. The van der Waals surface area contributed by atoms with Crippen molar-refractivity contribution in [3.05, 3.63) is 23.8 Å². The molecule has 5 heteroatoms. The maximum atomic E-state index is 11.8. The minimum atomic E-state index is -1.60. The molecule has 0 aliphatic rings. The van der Waals surface area contributed by atoms with Crippen molar-refractivity contribution in [1.82, 2.24) is 0 Å². The van der Waals surface area contributed by atoms with Gasteiger partial charge in [-0.2, -0.15) is 0 Å². The zero-order chi connectivity index (χ0) is 15.3. The maximum absolute atomic E-state index is 11.8. The SMILES string of the molecule is CCOC(=O)C(C)(O)C(C)c1ccc(OC)c(OC)c1. The molecule has 1 rings (SSSR count). The summed E-state index contributed by atoms with van der Waals surface area (Å²) in [6, 6.07) is 5.28. The third-order valence-electron chi connectivity index (χ3n) is 3.44. The van der Waals surface area contributed by atoms with Crippen LogP contribution in [0.5, 0.6) is 11.5 Å². The van der Waals surface area contributed by atoms with Crippen LogP contribution in [0.4, 0.5) is 0 Å². The number of esters is 1. The molecule has 2 atom stereocenters. The van der Waals surface area contributed by atoms with E-state index in [2.05, 4.69) is 0 Å². The Morgan fingerprint density at radius 3 is 2.40 bits per heavy atom. The molecule has 0 heterocycles. The monoisotopic (exact) mass is 282 g/mol. The Morgan fingerprint density at radius 1 is 1.30 bits per heavy atom. The normalized spacial score (nSPS) is 15.1. The average Bonchev–Trinajstić information content (AvgIpc) is 2.45. The molecule has 0 radical (unpaired) electrons. The van der Waals surface area contributed by atoms with E-state index >= 15 is 0 Å². The topological polar surface area (TPSA) is 65.0 Å². The van der Waals surface area contributed by atoms with Gasteiger partial charge >= 0.3 is 5.97 Å². The van der Waals surface area contributed by atoms with Gasteiger partial charge in [0.25, 0.3) is 0 Å². The highest BCUT2D eigenvalue weighted by Gasteiger charge is 2.39. The lowest BCUT2D eigenvalue weighted by molar-refractivity contribution is -0.165. The van der Waals surface area contributed by atoms with Crippen LogP contribution < -0.4 is 9.47 Å². The van der Waals surface area contributed by atoms with Gasteiger partial charge in [-0.3, -0.25) is 0 Å². The molecule has 1 N–H and O–H groups in total. The molecule has 0 aliphatic heterocycles. The van der Waals surface area contributed by atoms with Gasteiger partial charge < -0.3 is 19.3 Å². The first-order chi connectivity index (χ1) is 9.38. The van der Waals surface area contributed by atoms with Crippen LogP contribution >= 0.6 is 0 Å². The van der Waals surface area contributed by atoms with Crippen LogP contribution in [-0.2, 0) is 9.53 Å². The van der Waals surface area contributed by atoms with Gasteiger partial charge in [-0.1, -0.05) is 13.0 Å². The molecular weight excluding hydrogens is 260 g/mol. The highest BCUT2D eigenvalue weighted by atomic mass is 16.5. The zero-order valence-electron chi connectivity index (χ0n) is 12.6. The number of methoxy groups -OCH3 is 2. The van der Waals surface area contributed by atoms with Crippen molar-refractivity contribution in [3.63, 3.8) is 0 Å². The molecule has 112 valence electrons. The van der Waals surface area contributed by atoms with Crippen LogP contribution in [0.2, 0.25) is 0 Å². The van der Waals surface area contributed by atoms with Gasteiger partial charge in [0.2, 0.25) is 0 Å². The Morgan fingerprint density at radius 2 is 1.90 bits per heavy atom. The van der Waals surface area contributed by atoms with Crippen LogP contribution in [0.3, 0.4) is 0 Å². The minimum Gasteiger partial charge on any atom is -0.493 e. The second kappa shape index (κ2) is 6.61. The minimum absolute atomic E-state index is 0.230. The molecule has 1 aromatic rings. The van der Waals surface area contributed by atoms with Crippen LogP contribution in [-0.4, -0.2) is 37.5 Å². The van der Waals surface area contributed by atoms with Crippen LogP contribution in [0.25, 0.3) is 0 Å². The van der Waals surface area contributed by atoms with E-state index in [4.69, 9.17) is 14.2 Å². The van der Waals surface area contributed by atoms with E-state index in [0.717, 1.165) is 5.56 Å². The van der Waals surface area contributed by atoms with Crippen molar-refractivity contribution < 1.29 is 24.1 Å². The lowest BCUT2D eigenvalue weighted by Gasteiger charge is -2.28. The Kier molecular flexibility index (Phi) is 5.39. The molecule has 2 unspecified atom stereocenters. The summed E-state index contributed by atoms with van der Waals surface area (Å²) in [5, 5.41) is 10.4. The Balaban J connectivity index is 3.08. The molecule has 1 aromatic carbocycles. The first-order valence-electron chi connectivity index (χ1n) is 6.50. The number of hydrogen-bond acceptors (Lipinski definition) is 5. The molecular formula is C15H22O5. The molecule has 0 aliphatic carbocycles. The van der Waals surface area contributed by atoms with Crippen molar-refractivity contribution in [2.24, 2.45) is 0 Å². The summed E-state index contributed by atoms with van der Waals surface area (Å²) >= 11 is 0. The second-order valence-electron chi connectivity index (χ2n) is 4.70. The van der Waals surface area contributed by atoms with Crippen molar-refractivity contribution in [3.8, 4) is 11.5 Å². The zero-order valence-corrected chi connectivity index (χ0v) is 12.6. The highest BCUT2D eigenvalue weighted by Crippen LogP contribution is 2.35. The van der Waals surface area contributed by atoms with Gasteiger partial charge in [0.05, 0.1) is 20.8 Å². The molecule has 0 fully saturated rings. The van der Waals surface area contributed by atoms with Crippen molar-refractivity contribution in [2.45, 2.75) is 32.3 Å². The van der Waals surface area contributed by atoms with E-state index < -0.39 is 17.5 Å². The van der Waals surface area contributed by atoms with Gasteiger partial charge in [0, 0.05) is 5.92 Å². The summed E-state index contributed by atoms with van der Waals surface area (Å²) in [5.74, 6) is 0.0689. The smallest absolute Gasteiger partial charge is 0.338 e. The predicted octanol–water partition coefficient (Wildman–Crippen LogP) is 2.12. The van der Waals surface area contributed by atoms with Crippen molar-refractivity contribution in [2.75, 3.05) is 20.8 Å². The predicted molar refractivity (Wildman–Crippen MR) is 75.2 cm³/mol. The fourth-order valence-electron chi connectivity index (χ4n) is 1.90. The molecule has 5 nitrogen and oxygen atoms in total. The lowest BCUT2D eigenvalue weighted by Crippen LogP contribution is -2.41. The standard InChI is InChI=1S/C15H22O5/c1-6-20-14(16)15(3,17)10(2)11-7-8-12(18-4)13(9-11)19-5/h7-10,17H,6H2,1-5H3. The number of rotatable bonds is 6. The largest absolute Gasteiger partial charge is 0.493 e. The maximum Gasteiger partial charge on any atom is 0.338 e. The van der Waals surface area contributed by atoms with E-state index in [1.54, 1.807) is 39.2 Å². The lowest BCUT2D eigenvalue weighted by atomic mass is 9.84. The summed E-state index contributed by atoms with van der Waals surface area (Å²) in [7, 11) is 3.09. The summed E-state index contributed by atoms with van der Waals surface area (Å²) in [6.45, 7) is 5.15. The van der Waals surface area contributed by atoms with Crippen LogP contribution in [0.1, 0.15) is 32.3 Å². The number of aliphatic hydroxyl groups is 1. The Bertz CT molecular complexity index is 467. The number of ether oxygens (including phenoxy) is 3. The van der Waals surface area contributed by atoms with E-state index in [1.807, 2.05) is 0 Å².